The van der Waals surface area contributed by atoms with Crippen LogP contribution in [0.4, 0.5) is 0 Å². The van der Waals surface area contributed by atoms with Crippen LogP contribution in [-0.4, -0.2) is 162 Å². The highest BCUT2D eigenvalue weighted by atomic mass is 16.5. The highest BCUT2D eigenvalue weighted by molar-refractivity contribution is 6.14. The zero-order chi connectivity index (χ0) is 50.3. The number of nitrogens with one attached hydrogen (secondary N) is 4. The third kappa shape index (κ3) is 36.1. The van der Waals surface area contributed by atoms with Gasteiger partial charge in [0.05, 0.1) is 39.8 Å². The van der Waals surface area contributed by atoms with Crippen molar-refractivity contribution in [2.24, 2.45) is 0 Å². The Morgan fingerprint density at radius 3 is 1.39 bits per heavy atom. The number of rotatable bonds is 41. The zero-order valence-electron chi connectivity index (χ0n) is 42.0. The van der Waals surface area contributed by atoms with Gasteiger partial charge in [-0.2, -0.15) is 0 Å². The Labute approximate surface area is 420 Å². The van der Waals surface area contributed by atoms with Crippen LogP contribution in [0, 0.1) is 0 Å². The minimum atomic E-state index is -0.239. The predicted octanol–water partition coefficient (Wildman–Crippen LogP) is 5.68. The average molecular weight is 984 g/mol. The summed E-state index contributed by atoms with van der Waals surface area (Å²) in [7, 11) is 0. The van der Waals surface area contributed by atoms with E-state index in [1.807, 2.05) is 26.1 Å². The van der Waals surface area contributed by atoms with Gasteiger partial charge in [0.15, 0.2) is 0 Å². The van der Waals surface area contributed by atoms with E-state index >= 15 is 0 Å². The molecule has 396 valence electrons. The summed E-state index contributed by atoms with van der Waals surface area (Å²) in [4.78, 5) is 71.7. The first-order valence-electron chi connectivity index (χ1n) is 25.1. The van der Waals surface area contributed by atoms with E-state index in [-0.39, 0.29) is 42.9 Å². The molecule has 0 aliphatic carbocycles. The molecule has 0 aromatic carbocycles. The first-order chi connectivity index (χ1) is 33.8. The number of hydrogen-bond acceptors (Lipinski definition) is 14. The monoisotopic (exact) mass is 984 g/mol. The van der Waals surface area contributed by atoms with Gasteiger partial charge < -0.3 is 34.9 Å². The molecule has 0 aromatic rings. The number of ether oxygens (including phenoxy) is 4. The summed E-state index contributed by atoms with van der Waals surface area (Å²) in [6.45, 7) is 18.3. The summed E-state index contributed by atoms with van der Waals surface area (Å²) in [6, 6.07) is 0. The molecule has 4 N–H and O–H groups in total. The second kappa shape index (κ2) is 47.8. The number of nitrogens with zero attached hydrogens (tertiary/aromatic N) is 3. The minimum Gasteiger partial charge on any atom is -0.389 e. The zero-order valence-corrected chi connectivity index (χ0v) is 42.0. The van der Waals surface area contributed by atoms with Crippen LogP contribution in [0.5, 0.6) is 0 Å². The highest BCUT2D eigenvalue weighted by Crippen LogP contribution is 2.09. The molecule has 0 radical (unpaired) electrons. The molecule has 0 atom stereocenters. The number of imide groups is 3. The van der Waals surface area contributed by atoms with Crippen molar-refractivity contribution in [2.75, 3.05) is 112 Å². The molecule has 6 amide bonds. The normalized spacial score (nSPS) is 14.4. The summed E-state index contributed by atoms with van der Waals surface area (Å²) in [6.07, 6.45) is 36.5. The van der Waals surface area contributed by atoms with E-state index < -0.39 is 0 Å². The molecule has 3 aliphatic rings. The number of allylic oxidation sites excluding steroid dienone is 2. The van der Waals surface area contributed by atoms with Crippen molar-refractivity contribution >= 4 is 35.4 Å². The average Bonchev–Trinajstić information content (AvgIpc) is 3.97. The van der Waals surface area contributed by atoms with Crippen molar-refractivity contribution in [3.8, 4) is 0 Å². The van der Waals surface area contributed by atoms with Gasteiger partial charge in [-0.15, -0.1) is 0 Å². The lowest BCUT2D eigenvalue weighted by Crippen LogP contribution is -2.30. The van der Waals surface area contributed by atoms with Crippen LogP contribution >= 0.6 is 0 Å². The standard InChI is InChI=1S/C21H35N3O4.C16H26N2O3.C15H24N2O3.CH4/c1-2-3-11-22-12-5-4-8-16-27-18-19-28-17-14-23-13-6-7-15-24-20(25)9-10-21(24)26;1-2-21-14-12-17-11-7-5-3-4-6-8-13-18-15(19)9-10-16(18)20;1-2-20-13-16-11-7-5-3-4-6-8-12-17-14(18)9-10-15(17)19;/h4-6,9-10,13,22-23H,2-3,7-8,11-12,14-19H2,1H3;5,7,9-10,17H,2-4,6,8,11-14H2,1H3;5,7,9-10,16H,2-4,6,8,11-13H2,1H3;1H4. The van der Waals surface area contributed by atoms with Crippen molar-refractivity contribution in [1.29, 1.82) is 0 Å². The lowest BCUT2D eigenvalue weighted by Gasteiger charge is -2.12. The van der Waals surface area contributed by atoms with Gasteiger partial charge in [-0.25, -0.2) is 0 Å². The van der Waals surface area contributed by atoms with E-state index in [1.165, 1.54) is 64.0 Å². The molecular weight excluding hydrogens is 895 g/mol. The Kier molecular flexibility index (Phi) is 44.4. The van der Waals surface area contributed by atoms with Crippen molar-refractivity contribution in [2.45, 2.75) is 105 Å². The lowest BCUT2D eigenvalue weighted by molar-refractivity contribution is -0.138. The number of carbonyl (C=O) groups excluding carboxylic acids is 6. The van der Waals surface area contributed by atoms with Crippen LogP contribution < -0.4 is 21.3 Å². The maximum atomic E-state index is 11.4. The maximum absolute atomic E-state index is 11.4. The largest absolute Gasteiger partial charge is 0.389 e. The number of unbranched alkanes of at least 4 members (excludes halogenated alkanes) is 7. The molecule has 0 spiro atoms. The molecule has 0 fully saturated rings. The first-order valence-corrected chi connectivity index (χ1v) is 25.1. The van der Waals surface area contributed by atoms with Gasteiger partial charge >= 0.3 is 0 Å². The van der Waals surface area contributed by atoms with Gasteiger partial charge in [-0.05, 0) is 84.4 Å². The molecule has 17 heteroatoms. The van der Waals surface area contributed by atoms with Crippen LogP contribution in [0.2, 0.25) is 0 Å². The van der Waals surface area contributed by atoms with Gasteiger partial charge in [0.25, 0.3) is 35.4 Å². The third-order valence-corrected chi connectivity index (χ3v) is 10.2. The fourth-order valence-electron chi connectivity index (χ4n) is 6.31. The molecule has 70 heavy (non-hydrogen) atoms. The Balaban J connectivity index is 0.00000103. The molecule has 3 rings (SSSR count). The van der Waals surface area contributed by atoms with Gasteiger partial charge in [0, 0.05) is 102 Å². The van der Waals surface area contributed by atoms with E-state index in [0.29, 0.717) is 65.8 Å². The Hall–Kier alpha value is -4.88. The lowest BCUT2D eigenvalue weighted by atomic mass is 10.2. The molecule has 0 unspecified atom stereocenters. The smallest absolute Gasteiger partial charge is 0.253 e. The van der Waals surface area contributed by atoms with Gasteiger partial charge in [-0.1, -0.05) is 76.1 Å². The van der Waals surface area contributed by atoms with Crippen molar-refractivity contribution in [3.63, 3.8) is 0 Å². The van der Waals surface area contributed by atoms with E-state index in [1.54, 1.807) is 0 Å². The minimum absolute atomic E-state index is 0. The Morgan fingerprint density at radius 2 is 0.871 bits per heavy atom. The third-order valence-electron chi connectivity index (χ3n) is 10.2. The van der Waals surface area contributed by atoms with Crippen LogP contribution in [0.3, 0.4) is 0 Å². The fraction of sp³-hybridized carbons (Fsp3) is 0.623. The van der Waals surface area contributed by atoms with E-state index in [9.17, 15) is 28.8 Å². The van der Waals surface area contributed by atoms with Crippen molar-refractivity contribution in [3.05, 3.63) is 85.2 Å². The summed E-state index contributed by atoms with van der Waals surface area (Å²) in [5.74, 6) is -1.21. The quantitative estimate of drug-likeness (QED) is 0.0253. The SMILES string of the molecule is C.CCCCNCC=CCCOCCOCCNC=CCCN1C(=O)C=CC1=O.CCOCCNCC=CCCCCCN1C(=O)C=CC1=O.CCOCNCC=CCCCCCN1C(=O)C=CC1=O. The van der Waals surface area contributed by atoms with E-state index in [4.69, 9.17) is 18.9 Å². The van der Waals surface area contributed by atoms with E-state index in [0.717, 1.165) is 110 Å². The molecule has 17 nitrogen and oxygen atoms in total. The van der Waals surface area contributed by atoms with Gasteiger partial charge in [0.1, 0.15) is 0 Å². The number of carbonyl (C=O) groups is 6. The van der Waals surface area contributed by atoms with Crippen LogP contribution in [0.1, 0.15) is 105 Å². The Morgan fingerprint density at radius 1 is 0.414 bits per heavy atom. The molecule has 3 aliphatic heterocycles. The second-order valence-electron chi connectivity index (χ2n) is 15.8. The van der Waals surface area contributed by atoms with E-state index in [2.05, 4.69) is 64.6 Å². The Bertz CT molecular complexity index is 1570. The number of amides is 6. The molecule has 0 aromatic heterocycles. The van der Waals surface area contributed by atoms with Crippen molar-refractivity contribution in [1.82, 2.24) is 36.0 Å². The molecule has 0 saturated carbocycles. The maximum Gasteiger partial charge on any atom is 0.253 e. The second-order valence-corrected chi connectivity index (χ2v) is 15.8. The predicted molar refractivity (Wildman–Crippen MR) is 278 cm³/mol. The summed E-state index contributed by atoms with van der Waals surface area (Å²) >= 11 is 0. The topological polar surface area (TPSA) is 197 Å². The summed E-state index contributed by atoms with van der Waals surface area (Å²) in [5, 5.41) is 12.9. The van der Waals surface area contributed by atoms with Crippen LogP contribution in [-0.2, 0) is 47.7 Å². The van der Waals surface area contributed by atoms with Gasteiger partial charge in [0.2, 0.25) is 0 Å². The molecule has 3 heterocycles. The molecule has 0 bridgehead atoms. The molecule has 0 saturated heterocycles. The number of hydrogen-bond donors (Lipinski definition) is 4. The van der Waals surface area contributed by atoms with Crippen molar-refractivity contribution < 1.29 is 47.7 Å². The fourth-order valence-corrected chi connectivity index (χ4v) is 6.31. The molecular formula is C53H89N7O10. The summed E-state index contributed by atoms with van der Waals surface area (Å²) < 4.78 is 21.4. The van der Waals surface area contributed by atoms with Crippen LogP contribution in [0.15, 0.2) is 85.2 Å². The first kappa shape index (κ1) is 65.1. The highest BCUT2D eigenvalue weighted by Gasteiger charge is 2.23. The van der Waals surface area contributed by atoms with Gasteiger partial charge in [-0.3, -0.25) is 48.8 Å². The summed E-state index contributed by atoms with van der Waals surface area (Å²) in [5.41, 5.74) is 0. The van der Waals surface area contributed by atoms with Crippen LogP contribution in [0.25, 0.3) is 0 Å².